The molecule has 0 aromatic heterocycles. The number of amides is 1. The van der Waals surface area contributed by atoms with Gasteiger partial charge >= 0.3 is 5.97 Å². The zero-order chi connectivity index (χ0) is 28.5. The number of fused-ring (bicyclic) bond motifs is 1. The van der Waals surface area contributed by atoms with Gasteiger partial charge in [0.25, 0.3) is 5.91 Å². The maximum absolute atomic E-state index is 12.9. The molecular weight excluding hydrogens is 514 g/mol. The number of carbonyl (C=O) groups is 2. The van der Waals surface area contributed by atoms with Crippen molar-refractivity contribution < 1.29 is 33.3 Å². The van der Waals surface area contributed by atoms with Crippen molar-refractivity contribution in [3.63, 3.8) is 0 Å². The van der Waals surface area contributed by atoms with Gasteiger partial charge in [0.1, 0.15) is 0 Å². The Balaban J connectivity index is 1.38. The largest absolute Gasteiger partial charge is 0.493 e. The molecule has 4 rings (SSSR count). The number of hydrazone groups is 1. The molecule has 0 saturated carbocycles. The van der Waals surface area contributed by atoms with E-state index in [4.69, 9.17) is 23.7 Å². The first-order valence-corrected chi connectivity index (χ1v) is 12.2. The van der Waals surface area contributed by atoms with Crippen LogP contribution >= 0.6 is 0 Å². The van der Waals surface area contributed by atoms with E-state index in [1.807, 2.05) is 42.5 Å². The molecule has 4 aromatic rings. The minimum atomic E-state index is -0.648. The van der Waals surface area contributed by atoms with Crippen molar-refractivity contribution in [1.82, 2.24) is 5.43 Å². The molecule has 10 heteroatoms. The zero-order valence-corrected chi connectivity index (χ0v) is 22.5. The van der Waals surface area contributed by atoms with Crippen LogP contribution in [0.3, 0.4) is 0 Å². The highest BCUT2D eigenvalue weighted by molar-refractivity contribution is 5.95. The van der Waals surface area contributed by atoms with E-state index < -0.39 is 5.97 Å². The Morgan fingerprint density at radius 3 is 2.17 bits per heavy atom. The maximum atomic E-state index is 12.9. The first-order chi connectivity index (χ1) is 19.5. The minimum absolute atomic E-state index is 0.0461. The van der Waals surface area contributed by atoms with Crippen LogP contribution in [0.1, 0.15) is 15.9 Å². The van der Waals surface area contributed by atoms with E-state index in [-0.39, 0.29) is 23.8 Å². The molecule has 40 heavy (non-hydrogen) atoms. The highest BCUT2D eigenvalue weighted by Crippen LogP contribution is 2.39. The number of hydrogen-bond acceptors (Lipinski definition) is 9. The molecular formula is C30H29N3O7. The molecule has 10 nitrogen and oxygen atoms in total. The number of carbonyl (C=O) groups excluding carboxylic acids is 2. The second-order valence-electron chi connectivity index (χ2n) is 8.39. The SMILES string of the molecule is COc1cc(/C=N/NC(=O)CNc2cccc3ccccc23)ccc1OC(=O)c1cc(OC)c(OC)c(OC)c1. The predicted octanol–water partition coefficient (Wildman–Crippen LogP) is 4.66. The van der Waals surface area contributed by atoms with Crippen molar-refractivity contribution in [2.45, 2.75) is 0 Å². The molecule has 206 valence electrons. The van der Waals surface area contributed by atoms with Gasteiger partial charge in [0.15, 0.2) is 23.0 Å². The summed E-state index contributed by atoms with van der Waals surface area (Å²) in [6, 6.07) is 21.6. The zero-order valence-electron chi connectivity index (χ0n) is 22.5. The van der Waals surface area contributed by atoms with Crippen LogP contribution in [0.15, 0.2) is 77.9 Å². The van der Waals surface area contributed by atoms with E-state index in [0.717, 1.165) is 16.5 Å². The molecule has 2 N–H and O–H groups in total. The van der Waals surface area contributed by atoms with Crippen molar-refractivity contribution in [3.8, 4) is 28.7 Å². The average Bonchev–Trinajstić information content (AvgIpc) is 2.99. The monoisotopic (exact) mass is 543 g/mol. The molecule has 4 aromatic carbocycles. The number of anilines is 1. The van der Waals surface area contributed by atoms with Crippen LogP contribution in [0, 0.1) is 0 Å². The van der Waals surface area contributed by atoms with Crippen LogP contribution in [0.25, 0.3) is 10.8 Å². The maximum Gasteiger partial charge on any atom is 0.343 e. The van der Waals surface area contributed by atoms with E-state index in [2.05, 4.69) is 15.8 Å². The van der Waals surface area contributed by atoms with Gasteiger partial charge in [0, 0.05) is 11.1 Å². The molecule has 0 heterocycles. The van der Waals surface area contributed by atoms with Gasteiger partial charge in [0.2, 0.25) is 5.75 Å². The Labute approximate surface area is 231 Å². The Morgan fingerprint density at radius 2 is 1.48 bits per heavy atom. The lowest BCUT2D eigenvalue weighted by atomic mass is 10.1. The number of methoxy groups -OCH3 is 4. The second-order valence-corrected chi connectivity index (χ2v) is 8.39. The normalized spacial score (nSPS) is 10.7. The summed E-state index contributed by atoms with van der Waals surface area (Å²) in [5, 5.41) is 9.26. The number of rotatable bonds is 11. The highest BCUT2D eigenvalue weighted by Gasteiger charge is 2.19. The number of esters is 1. The fourth-order valence-corrected chi connectivity index (χ4v) is 3.98. The van der Waals surface area contributed by atoms with Gasteiger partial charge in [-0.05, 0) is 47.3 Å². The van der Waals surface area contributed by atoms with Gasteiger partial charge in [-0.1, -0.05) is 36.4 Å². The van der Waals surface area contributed by atoms with E-state index in [0.29, 0.717) is 28.6 Å². The van der Waals surface area contributed by atoms with Gasteiger partial charge in [-0.25, -0.2) is 10.2 Å². The van der Waals surface area contributed by atoms with E-state index >= 15 is 0 Å². The van der Waals surface area contributed by atoms with Crippen molar-refractivity contribution in [3.05, 3.63) is 83.9 Å². The molecule has 0 aliphatic rings. The van der Waals surface area contributed by atoms with Crippen LogP contribution in [0.5, 0.6) is 28.7 Å². The molecule has 0 atom stereocenters. The third-order valence-corrected chi connectivity index (χ3v) is 5.92. The van der Waals surface area contributed by atoms with Crippen LogP contribution < -0.4 is 34.4 Å². The molecule has 0 aliphatic carbocycles. The summed E-state index contributed by atoms with van der Waals surface area (Å²) in [5.74, 6) is 0.537. The summed E-state index contributed by atoms with van der Waals surface area (Å²) in [4.78, 5) is 25.2. The highest BCUT2D eigenvalue weighted by atomic mass is 16.6. The third-order valence-electron chi connectivity index (χ3n) is 5.92. The summed E-state index contributed by atoms with van der Waals surface area (Å²) < 4.78 is 26.9. The first kappa shape index (κ1) is 27.8. The molecule has 0 bridgehead atoms. The van der Waals surface area contributed by atoms with E-state index in [9.17, 15) is 9.59 Å². The van der Waals surface area contributed by atoms with E-state index in [1.165, 1.54) is 46.8 Å². The Morgan fingerprint density at radius 1 is 0.775 bits per heavy atom. The molecule has 1 amide bonds. The van der Waals surface area contributed by atoms with Gasteiger partial charge in [-0.2, -0.15) is 5.10 Å². The lowest BCUT2D eigenvalue weighted by Crippen LogP contribution is -2.25. The molecule has 0 unspecified atom stereocenters. The van der Waals surface area contributed by atoms with Gasteiger partial charge in [-0.3, -0.25) is 4.79 Å². The molecule has 0 fully saturated rings. The number of hydrogen-bond donors (Lipinski definition) is 2. The summed E-state index contributed by atoms with van der Waals surface area (Å²) in [6.07, 6.45) is 1.46. The number of benzene rings is 4. The van der Waals surface area contributed by atoms with Crippen LogP contribution in [-0.4, -0.2) is 53.1 Å². The summed E-state index contributed by atoms with van der Waals surface area (Å²) in [6.45, 7) is 0.0461. The standard InChI is InChI=1S/C30H29N3O7/c1-36-25-14-19(17-32-33-28(34)18-31-23-11-7-9-20-8-5-6-10-22(20)23)12-13-24(25)40-30(35)21-15-26(37-2)29(39-4)27(16-21)38-3/h5-17,31H,18H2,1-4H3,(H,33,34)/b32-17+. The van der Waals surface area contributed by atoms with Crippen LogP contribution in [0.2, 0.25) is 0 Å². The Bertz CT molecular complexity index is 1520. The van der Waals surface area contributed by atoms with Crippen molar-refractivity contribution in [2.75, 3.05) is 40.3 Å². The first-order valence-electron chi connectivity index (χ1n) is 12.2. The van der Waals surface area contributed by atoms with Crippen molar-refractivity contribution in [1.29, 1.82) is 0 Å². The Kier molecular flexibility index (Phi) is 9.03. The lowest BCUT2D eigenvalue weighted by molar-refractivity contribution is -0.119. The molecule has 0 saturated heterocycles. The average molecular weight is 544 g/mol. The van der Waals surface area contributed by atoms with Gasteiger partial charge < -0.3 is 29.0 Å². The summed E-state index contributed by atoms with van der Waals surface area (Å²) >= 11 is 0. The molecule has 0 aliphatic heterocycles. The Hall–Kier alpha value is -5.25. The van der Waals surface area contributed by atoms with Crippen LogP contribution in [-0.2, 0) is 4.79 Å². The van der Waals surface area contributed by atoms with Crippen LogP contribution in [0.4, 0.5) is 5.69 Å². The van der Waals surface area contributed by atoms with Gasteiger partial charge in [-0.15, -0.1) is 0 Å². The smallest absolute Gasteiger partial charge is 0.343 e. The fraction of sp³-hybridized carbons (Fsp3) is 0.167. The number of nitrogens with one attached hydrogen (secondary N) is 2. The number of nitrogens with zero attached hydrogens (tertiary/aromatic N) is 1. The molecule has 0 spiro atoms. The predicted molar refractivity (Wildman–Crippen MR) is 152 cm³/mol. The third kappa shape index (κ3) is 6.41. The second kappa shape index (κ2) is 13.0. The fourth-order valence-electron chi connectivity index (χ4n) is 3.98. The minimum Gasteiger partial charge on any atom is -0.493 e. The van der Waals surface area contributed by atoms with Gasteiger partial charge in [0.05, 0.1) is 46.8 Å². The summed E-state index contributed by atoms with van der Waals surface area (Å²) in [5.41, 5.74) is 4.17. The summed E-state index contributed by atoms with van der Waals surface area (Å²) in [7, 11) is 5.84. The lowest BCUT2D eigenvalue weighted by Gasteiger charge is -2.14. The number of ether oxygens (including phenoxy) is 5. The topological polar surface area (TPSA) is 117 Å². The van der Waals surface area contributed by atoms with Crippen molar-refractivity contribution in [2.24, 2.45) is 5.10 Å². The molecule has 0 radical (unpaired) electrons. The van der Waals surface area contributed by atoms with E-state index in [1.54, 1.807) is 18.2 Å². The quantitative estimate of drug-likeness (QED) is 0.122. The van der Waals surface area contributed by atoms with Crippen molar-refractivity contribution >= 4 is 34.6 Å².